The number of carbonyl (C=O) groups is 1. The Morgan fingerprint density at radius 3 is 2.86 bits per heavy atom. The average Bonchev–Trinajstić information content (AvgIpc) is 2.47. The van der Waals surface area contributed by atoms with Gasteiger partial charge in [-0.25, -0.2) is 9.78 Å². The summed E-state index contributed by atoms with van der Waals surface area (Å²) in [6.07, 6.45) is 1.48. The Morgan fingerprint density at radius 2 is 2.19 bits per heavy atom. The molecule has 0 amide bonds. The third-order valence-corrected chi connectivity index (χ3v) is 4.60. The lowest BCUT2D eigenvalue weighted by Crippen LogP contribution is -2.07. The quantitative estimate of drug-likeness (QED) is 0.900. The molecule has 1 heterocycles. The number of hydrogen-bond acceptors (Lipinski definition) is 4. The van der Waals surface area contributed by atoms with E-state index >= 15 is 0 Å². The lowest BCUT2D eigenvalue weighted by molar-refractivity contribution is 0.0693. The van der Waals surface area contributed by atoms with Gasteiger partial charge in [0.25, 0.3) is 0 Å². The Morgan fingerprint density at radius 1 is 1.43 bits per heavy atom. The summed E-state index contributed by atoms with van der Waals surface area (Å²) in [5.41, 5.74) is 0.700. The molecule has 1 aromatic heterocycles. The van der Waals surface area contributed by atoms with E-state index in [0.717, 1.165) is 0 Å². The van der Waals surface area contributed by atoms with Gasteiger partial charge in [-0.05, 0) is 24.3 Å². The number of carboxylic acid groups (broad SMARTS) is 1. The summed E-state index contributed by atoms with van der Waals surface area (Å²) >= 11 is 3.24. The van der Waals surface area contributed by atoms with Crippen LogP contribution >= 0.6 is 15.9 Å². The molecule has 0 aliphatic carbocycles. The standard InChI is InChI=1S/C14H9BrN2O3S/c15-10-3-4-11(14(18)19)13(6-10)21(20)8-9-2-1-5-17-12(9)7-16/h1-6H,8H2,(H,18,19). The molecule has 2 aromatic rings. The van der Waals surface area contributed by atoms with Crippen molar-refractivity contribution >= 4 is 32.7 Å². The maximum Gasteiger partial charge on any atom is 0.336 e. The summed E-state index contributed by atoms with van der Waals surface area (Å²) in [6, 6.07) is 9.72. The van der Waals surface area contributed by atoms with Gasteiger partial charge in [-0.2, -0.15) is 5.26 Å². The monoisotopic (exact) mass is 364 g/mol. The van der Waals surface area contributed by atoms with Gasteiger partial charge in [-0.3, -0.25) is 4.21 Å². The van der Waals surface area contributed by atoms with E-state index in [9.17, 15) is 9.00 Å². The molecular formula is C14H9BrN2O3S. The van der Waals surface area contributed by atoms with Gasteiger partial charge in [0.05, 0.1) is 27.0 Å². The highest BCUT2D eigenvalue weighted by molar-refractivity contribution is 9.10. The van der Waals surface area contributed by atoms with Crippen molar-refractivity contribution < 1.29 is 14.1 Å². The van der Waals surface area contributed by atoms with Crippen LogP contribution in [0.2, 0.25) is 0 Å². The molecule has 1 N–H and O–H groups in total. The van der Waals surface area contributed by atoms with E-state index in [4.69, 9.17) is 10.4 Å². The number of pyridine rings is 1. The zero-order valence-electron chi connectivity index (χ0n) is 10.6. The van der Waals surface area contributed by atoms with Crippen LogP contribution in [0.15, 0.2) is 45.9 Å². The van der Waals surface area contributed by atoms with Gasteiger partial charge in [0, 0.05) is 16.2 Å². The molecule has 1 unspecified atom stereocenters. The number of aromatic nitrogens is 1. The predicted molar refractivity (Wildman–Crippen MR) is 80.2 cm³/mol. The zero-order chi connectivity index (χ0) is 15.4. The smallest absolute Gasteiger partial charge is 0.336 e. The van der Waals surface area contributed by atoms with Crippen LogP contribution in [0.25, 0.3) is 0 Å². The number of nitriles is 1. The van der Waals surface area contributed by atoms with Crippen molar-refractivity contribution in [2.24, 2.45) is 0 Å². The molecule has 2 rings (SSSR count). The van der Waals surface area contributed by atoms with Crippen molar-refractivity contribution in [1.29, 1.82) is 5.26 Å². The first-order valence-electron chi connectivity index (χ1n) is 5.78. The highest BCUT2D eigenvalue weighted by atomic mass is 79.9. The van der Waals surface area contributed by atoms with E-state index < -0.39 is 16.8 Å². The van der Waals surface area contributed by atoms with E-state index in [2.05, 4.69) is 20.9 Å². The van der Waals surface area contributed by atoms with Gasteiger partial charge >= 0.3 is 5.97 Å². The highest BCUT2D eigenvalue weighted by Crippen LogP contribution is 2.22. The fourth-order valence-corrected chi connectivity index (χ4v) is 3.58. The molecule has 106 valence electrons. The molecule has 5 nitrogen and oxygen atoms in total. The lowest BCUT2D eigenvalue weighted by atomic mass is 10.2. The van der Waals surface area contributed by atoms with Gasteiger partial charge in [-0.15, -0.1) is 0 Å². The van der Waals surface area contributed by atoms with E-state index in [-0.39, 0.29) is 21.9 Å². The van der Waals surface area contributed by atoms with Crippen LogP contribution in [-0.4, -0.2) is 20.3 Å². The van der Waals surface area contributed by atoms with Gasteiger partial charge in [0.1, 0.15) is 11.8 Å². The van der Waals surface area contributed by atoms with Crippen molar-refractivity contribution in [3.05, 3.63) is 57.8 Å². The second-order valence-corrected chi connectivity index (χ2v) is 6.39. The molecule has 0 saturated carbocycles. The van der Waals surface area contributed by atoms with E-state index in [1.54, 1.807) is 18.2 Å². The molecule has 7 heteroatoms. The largest absolute Gasteiger partial charge is 0.478 e. The Labute approximate surface area is 131 Å². The highest BCUT2D eigenvalue weighted by Gasteiger charge is 2.17. The normalized spacial score (nSPS) is 11.6. The van der Waals surface area contributed by atoms with Crippen molar-refractivity contribution in [3.63, 3.8) is 0 Å². The minimum atomic E-state index is -1.59. The van der Waals surface area contributed by atoms with E-state index in [1.165, 1.54) is 18.3 Å². The average molecular weight is 365 g/mol. The SMILES string of the molecule is N#Cc1ncccc1CS(=O)c1cc(Br)ccc1C(=O)O. The number of carboxylic acids is 1. The second kappa shape index (κ2) is 6.61. The summed E-state index contributed by atoms with van der Waals surface area (Å²) in [7, 11) is -1.59. The maximum absolute atomic E-state index is 12.4. The second-order valence-electron chi connectivity index (χ2n) is 4.06. The van der Waals surface area contributed by atoms with Crippen LogP contribution in [0.3, 0.4) is 0 Å². The van der Waals surface area contributed by atoms with Gasteiger partial charge < -0.3 is 5.11 Å². The number of hydrogen-bond donors (Lipinski definition) is 1. The fourth-order valence-electron chi connectivity index (χ4n) is 1.74. The van der Waals surface area contributed by atoms with Crippen LogP contribution in [-0.2, 0) is 16.6 Å². The van der Waals surface area contributed by atoms with Crippen LogP contribution in [0.5, 0.6) is 0 Å². The number of nitrogens with zero attached hydrogens (tertiary/aromatic N) is 2. The van der Waals surface area contributed by atoms with Crippen molar-refractivity contribution in [2.45, 2.75) is 10.6 Å². The first-order valence-corrected chi connectivity index (χ1v) is 7.89. The Bertz CT molecular complexity index is 771. The molecule has 0 radical (unpaired) electrons. The minimum Gasteiger partial charge on any atom is -0.478 e. The third kappa shape index (κ3) is 3.54. The van der Waals surface area contributed by atoms with E-state index in [0.29, 0.717) is 10.0 Å². The van der Waals surface area contributed by atoms with Gasteiger partial charge in [-0.1, -0.05) is 22.0 Å². The first-order chi connectivity index (χ1) is 10.0. The Kier molecular flexibility index (Phi) is 4.83. The summed E-state index contributed by atoms with van der Waals surface area (Å²) in [5.74, 6) is -1.11. The number of rotatable bonds is 4. The van der Waals surface area contributed by atoms with Crippen LogP contribution in [0.1, 0.15) is 21.6 Å². The molecule has 0 aliphatic rings. The molecule has 0 fully saturated rings. The molecule has 0 aliphatic heterocycles. The number of benzene rings is 1. The van der Waals surface area contributed by atoms with Crippen molar-refractivity contribution in [3.8, 4) is 6.07 Å². The Hall–Kier alpha value is -2.04. The fraction of sp³-hybridized carbons (Fsp3) is 0.0714. The molecule has 0 spiro atoms. The minimum absolute atomic E-state index is 0.0149. The van der Waals surface area contributed by atoms with E-state index in [1.807, 2.05) is 6.07 Å². The molecule has 1 aromatic carbocycles. The summed E-state index contributed by atoms with van der Waals surface area (Å²) < 4.78 is 13.1. The van der Waals surface area contributed by atoms with Crippen LogP contribution in [0, 0.1) is 11.3 Å². The molecule has 0 bridgehead atoms. The summed E-state index contributed by atoms with van der Waals surface area (Å²) in [6.45, 7) is 0. The zero-order valence-corrected chi connectivity index (χ0v) is 13.0. The summed E-state index contributed by atoms with van der Waals surface area (Å²) in [4.78, 5) is 15.3. The van der Waals surface area contributed by atoms with Crippen molar-refractivity contribution in [1.82, 2.24) is 4.98 Å². The Balaban J connectivity index is 2.39. The van der Waals surface area contributed by atoms with Gasteiger partial charge in [0.2, 0.25) is 0 Å². The predicted octanol–water partition coefficient (Wildman–Crippen LogP) is 2.72. The topological polar surface area (TPSA) is 91.0 Å². The van der Waals surface area contributed by atoms with Crippen molar-refractivity contribution in [2.75, 3.05) is 0 Å². The number of halogens is 1. The third-order valence-electron chi connectivity index (χ3n) is 2.70. The lowest BCUT2D eigenvalue weighted by Gasteiger charge is -2.07. The molecule has 0 saturated heterocycles. The first kappa shape index (κ1) is 15.4. The van der Waals surface area contributed by atoms with Crippen LogP contribution in [0.4, 0.5) is 0 Å². The maximum atomic E-state index is 12.4. The molecular weight excluding hydrogens is 356 g/mol. The van der Waals surface area contributed by atoms with Crippen LogP contribution < -0.4 is 0 Å². The molecule has 21 heavy (non-hydrogen) atoms. The number of aromatic carboxylic acids is 1. The molecule has 1 atom stereocenters. The van der Waals surface area contributed by atoms with Gasteiger partial charge in [0.15, 0.2) is 0 Å². The summed E-state index contributed by atoms with van der Waals surface area (Å²) in [5, 5.41) is 18.1.